The Balaban J connectivity index is 1.64. The van der Waals surface area contributed by atoms with E-state index < -0.39 is 33.6 Å². The first-order valence-corrected chi connectivity index (χ1v) is 13.5. The van der Waals surface area contributed by atoms with Gasteiger partial charge in [-0.2, -0.15) is 8.42 Å². The largest absolute Gasteiger partial charge is 0.347 e. The standard InChI is InChI=1S/C25H31N7O7S/c1-6-8-26-23(34)19-11-17(14-30(19)2)28-25(36)21-12-18(15-32(21)4)29-24(35)20-10-16(13-31(20)3)27-22(33)7-9-40(37,38)39-5/h6,10-15H,1,7-9H2,2-5H3,(H,26,34)(H,27,33)(H,28,36)(H,29,35). The Morgan fingerprint density at radius 2 is 1.23 bits per heavy atom. The number of hydrogen-bond donors (Lipinski definition) is 4. The van der Waals surface area contributed by atoms with E-state index in [0.717, 1.165) is 7.11 Å². The second-order valence-corrected chi connectivity index (χ2v) is 10.7. The van der Waals surface area contributed by atoms with Crippen molar-refractivity contribution in [2.24, 2.45) is 21.1 Å². The van der Waals surface area contributed by atoms with Crippen LogP contribution in [0.15, 0.2) is 49.4 Å². The maximum absolute atomic E-state index is 12.9. The van der Waals surface area contributed by atoms with Crippen LogP contribution in [0.2, 0.25) is 0 Å². The molecule has 0 unspecified atom stereocenters. The molecule has 0 aromatic carbocycles. The lowest BCUT2D eigenvalue weighted by Crippen LogP contribution is -2.25. The summed E-state index contributed by atoms with van der Waals surface area (Å²) < 4.78 is 31.7. The normalized spacial score (nSPS) is 11.1. The molecule has 40 heavy (non-hydrogen) atoms. The Bertz CT molecular complexity index is 1560. The number of hydrogen-bond acceptors (Lipinski definition) is 7. The van der Waals surface area contributed by atoms with Gasteiger partial charge in [-0.1, -0.05) is 6.08 Å². The van der Waals surface area contributed by atoms with Gasteiger partial charge in [0.1, 0.15) is 17.1 Å². The molecular weight excluding hydrogens is 542 g/mol. The molecule has 0 aliphatic carbocycles. The third-order valence-electron chi connectivity index (χ3n) is 5.75. The number of nitrogens with zero attached hydrogens (tertiary/aromatic N) is 3. The predicted octanol–water partition coefficient (Wildman–Crippen LogP) is 1.43. The van der Waals surface area contributed by atoms with Gasteiger partial charge >= 0.3 is 0 Å². The van der Waals surface area contributed by atoms with Gasteiger partial charge in [0.25, 0.3) is 27.8 Å². The topological polar surface area (TPSA) is 175 Å². The summed E-state index contributed by atoms with van der Waals surface area (Å²) in [4.78, 5) is 50.1. The Labute approximate surface area is 231 Å². The summed E-state index contributed by atoms with van der Waals surface area (Å²) in [5.41, 5.74) is 1.90. The van der Waals surface area contributed by atoms with Crippen molar-refractivity contribution in [1.82, 2.24) is 19.0 Å². The third kappa shape index (κ3) is 7.48. The minimum absolute atomic E-state index is 0.209. The monoisotopic (exact) mass is 573 g/mol. The average Bonchev–Trinajstić information content (AvgIpc) is 3.57. The molecule has 3 heterocycles. The fourth-order valence-electron chi connectivity index (χ4n) is 3.75. The summed E-state index contributed by atoms with van der Waals surface area (Å²) in [6.45, 7) is 3.87. The van der Waals surface area contributed by atoms with Gasteiger partial charge in [0.2, 0.25) is 5.91 Å². The van der Waals surface area contributed by atoms with E-state index in [1.54, 1.807) is 50.2 Å². The lowest BCUT2D eigenvalue weighted by Gasteiger charge is -2.03. The van der Waals surface area contributed by atoms with Crippen LogP contribution in [-0.4, -0.2) is 65.2 Å². The van der Waals surface area contributed by atoms with Crippen LogP contribution in [0.1, 0.15) is 37.9 Å². The van der Waals surface area contributed by atoms with Crippen LogP contribution in [0.3, 0.4) is 0 Å². The highest BCUT2D eigenvalue weighted by atomic mass is 32.2. The van der Waals surface area contributed by atoms with Crippen molar-refractivity contribution in [2.75, 3.05) is 35.4 Å². The van der Waals surface area contributed by atoms with E-state index >= 15 is 0 Å². The zero-order valence-corrected chi connectivity index (χ0v) is 23.3. The molecule has 15 heteroatoms. The molecule has 0 saturated heterocycles. The first-order chi connectivity index (χ1) is 18.8. The molecule has 3 aromatic heterocycles. The summed E-state index contributed by atoms with van der Waals surface area (Å²) >= 11 is 0. The minimum atomic E-state index is -3.77. The smallest absolute Gasteiger partial charge is 0.272 e. The Kier molecular flexibility index (Phi) is 9.34. The number of carbonyl (C=O) groups is 4. The van der Waals surface area contributed by atoms with Gasteiger partial charge in [0, 0.05) is 52.7 Å². The molecule has 0 bridgehead atoms. The van der Waals surface area contributed by atoms with Gasteiger partial charge < -0.3 is 35.0 Å². The molecule has 0 radical (unpaired) electrons. The first-order valence-electron chi connectivity index (χ1n) is 11.9. The van der Waals surface area contributed by atoms with E-state index in [-0.39, 0.29) is 23.7 Å². The van der Waals surface area contributed by atoms with Crippen molar-refractivity contribution >= 4 is 50.8 Å². The van der Waals surface area contributed by atoms with E-state index in [1.807, 2.05) is 0 Å². The number of anilines is 3. The van der Waals surface area contributed by atoms with Crippen LogP contribution in [0, 0.1) is 0 Å². The summed E-state index contributed by atoms with van der Waals surface area (Å²) in [6.07, 6.45) is 5.93. The van der Waals surface area contributed by atoms with Crippen LogP contribution in [0.4, 0.5) is 17.1 Å². The van der Waals surface area contributed by atoms with Gasteiger partial charge in [-0.3, -0.25) is 23.4 Å². The van der Waals surface area contributed by atoms with Gasteiger partial charge in [-0.25, -0.2) is 0 Å². The van der Waals surface area contributed by atoms with Crippen molar-refractivity contribution in [3.05, 3.63) is 66.5 Å². The molecule has 0 fully saturated rings. The molecule has 0 saturated carbocycles. The number of aromatic nitrogens is 3. The quantitative estimate of drug-likeness (QED) is 0.187. The van der Waals surface area contributed by atoms with E-state index in [4.69, 9.17) is 0 Å². The molecule has 0 aliphatic rings. The number of nitrogens with one attached hydrogen (secondary N) is 4. The summed E-state index contributed by atoms with van der Waals surface area (Å²) in [5, 5.41) is 10.7. The van der Waals surface area contributed by atoms with E-state index in [0.29, 0.717) is 29.3 Å². The zero-order valence-electron chi connectivity index (χ0n) is 22.5. The zero-order chi connectivity index (χ0) is 29.6. The molecule has 0 spiro atoms. The van der Waals surface area contributed by atoms with Gasteiger partial charge in [-0.15, -0.1) is 6.58 Å². The summed E-state index contributed by atoms with van der Waals surface area (Å²) in [5.74, 6) is -2.29. The number of amides is 4. The van der Waals surface area contributed by atoms with Crippen molar-refractivity contribution in [1.29, 1.82) is 0 Å². The minimum Gasteiger partial charge on any atom is -0.347 e. The van der Waals surface area contributed by atoms with E-state index in [1.165, 1.54) is 27.5 Å². The van der Waals surface area contributed by atoms with Gasteiger partial charge in [-0.05, 0) is 18.2 Å². The molecule has 14 nitrogen and oxygen atoms in total. The predicted molar refractivity (Wildman–Crippen MR) is 149 cm³/mol. The Hall–Kier alpha value is -4.63. The van der Waals surface area contributed by atoms with Crippen LogP contribution < -0.4 is 21.3 Å². The lowest BCUT2D eigenvalue weighted by atomic mass is 10.3. The first kappa shape index (κ1) is 29.9. The van der Waals surface area contributed by atoms with Crippen LogP contribution >= 0.6 is 0 Å². The van der Waals surface area contributed by atoms with Crippen molar-refractivity contribution in [2.45, 2.75) is 6.42 Å². The van der Waals surface area contributed by atoms with Crippen molar-refractivity contribution in [3.63, 3.8) is 0 Å². The summed E-state index contributed by atoms with van der Waals surface area (Å²) in [6, 6.07) is 4.48. The maximum atomic E-state index is 12.9. The average molecular weight is 574 g/mol. The molecule has 3 rings (SSSR count). The van der Waals surface area contributed by atoms with Gasteiger partial charge in [0.15, 0.2) is 0 Å². The summed E-state index contributed by atoms with van der Waals surface area (Å²) in [7, 11) is 2.18. The third-order valence-corrected chi connectivity index (χ3v) is 6.96. The second kappa shape index (κ2) is 12.5. The van der Waals surface area contributed by atoms with E-state index in [9.17, 15) is 27.6 Å². The second-order valence-electron chi connectivity index (χ2n) is 8.81. The SMILES string of the molecule is C=CCNC(=O)c1cc(NC(=O)c2cc(NC(=O)c3cc(NC(=O)CCS(=O)(=O)OC)cn3C)cn2C)cn1C. The highest BCUT2D eigenvalue weighted by Gasteiger charge is 2.19. The highest BCUT2D eigenvalue weighted by molar-refractivity contribution is 7.86. The maximum Gasteiger partial charge on any atom is 0.272 e. The number of carbonyl (C=O) groups excluding carboxylic acids is 4. The fourth-order valence-corrected chi connectivity index (χ4v) is 4.35. The van der Waals surface area contributed by atoms with Crippen molar-refractivity contribution in [3.8, 4) is 0 Å². The Morgan fingerprint density at radius 1 is 0.800 bits per heavy atom. The van der Waals surface area contributed by atoms with E-state index in [2.05, 4.69) is 32.0 Å². The van der Waals surface area contributed by atoms with Gasteiger partial charge in [0.05, 0.1) is 29.9 Å². The van der Waals surface area contributed by atoms with Crippen LogP contribution in [0.5, 0.6) is 0 Å². The molecule has 214 valence electrons. The molecular formula is C25H31N7O7S. The number of rotatable bonds is 12. The molecule has 0 aliphatic heterocycles. The fraction of sp³-hybridized carbons (Fsp3) is 0.280. The highest BCUT2D eigenvalue weighted by Crippen LogP contribution is 2.20. The van der Waals surface area contributed by atoms with Crippen LogP contribution in [-0.2, 0) is 40.2 Å². The van der Waals surface area contributed by atoms with Crippen molar-refractivity contribution < 1.29 is 31.8 Å². The molecule has 0 atom stereocenters. The molecule has 4 N–H and O–H groups in total. The Morgan fingerprint density at radius 3 is 1.65 bits per heavy atom. The lowest BCUT2D eigenvalue weighted by molar-refractivity contribution is -0.115. The number of aryl methyl sites for hydroxylation is 3. The van der Waals surface area contributed by atoms with Crippen LogP contribution in [0.25, 0.3) is 0 Å². The molecule has 3 aromatic rings. The molecule has 4 amide bonds.